The Hall–Kier alpha value is -2.62. The summed E-state index contributed by atoms with van der Waals surface area (Å²) in [5.74, 6) is -0.124. The molecule has 26 heavy (non-hydrogen) atoms. The molecule has 3 aromatic heterocycles. The highest BCUT2D eigenvalue weighted by atomic mass is 32.2. The molecule has 10 heteroatoms. The van der Waals surface area contributed by atoms with E-state index in [9.17, 15) is 18.0 Å². The van der Waals surface area contributed by atoms with Gasteiger partial charge in [-0.1, -0.05) is 6.92 Å². The number of aromatic carboxylic acids is 1. The molecule has 0 saturated carbocycles. The Labute approximate surface area is 150 Å². The Morgan fingerprint density at radius 2 is 2.00 bits per heavy atom. The summed E-state index contributed by atoms with van der Waals surface area (Å²) in [4.78, 5) is 24.0. The van der Waals surface area contributed by atoms with Gasteiger partial charge in [0.1, 0.15) is 11.2 Å². The van der Waals surface area contributed by atoms with Crippen LogP contribution in [0.4, 0.5) is 13.2 Å². The van der Waals surface area contributed by atoms with Gasteiger partial charge in [0.25, 0.3) is 0 Å². The zero-order chi connectivity index (χ0) is 19.1. The molecule has 0 radical (unpaired) electrons. The second-order valence-electron chi connectivity index (χ2n) is 5.37. The number of hydrogen-bond donors (Lipinski definition) is 1. The van der Waals surface area contributed by atoms with Gasteiger partial charge >= 0.3 is 12.1 Å². The Balaban J connectivity index is 2.19. The fraction of sp³-hybridized carbons (Fsp3) is 0.250. The van der Waals surface area contributed by atoms with Gasteiger partial charge in [0.15, 0.2) is 11.5 Å². The van der Waals surface area contributed by atoms with Crippen LogP contribution in [-0.2, 0) is 13.2 Å². The van der Waals surface area contributed by atoms with E-state index in [-0.39, 0.29) is 16.7 Å². The number of fused-ring (bicyclic) bond motifs is 1. The Bertz CT molecular complexity index is 1000. The normalized spacial score (nSPS) is 11.9. The highest BCUT2D eigenvalue weighted by Gasteiger charge is 2.32. The molecule has 0 aliphatic rings. The number of carboxylic acid groups (broad SMARTS) is 1. The lowest BCUT2D eigenvalue weighted by Gasteiger charge is -2.08. The van der Waals surface area contributed by atoms with Crippen molar-refractivity contribution in [3.63, 3.8) is 0 Å². The fourth-order valence-corrected chi connectivity index (χ4v) is 3.24. The number of nitrogens with zero attached hydrogens (tertiary/aromatic N) is 4. The number of carbonyl (C=O) groups is 1. The lowest BCUT2D eigenvalue weighted by Crippen LogP contribution is -2.05. The van der Waals surface area contributed by atoms with E-state index >= 15 is 0 Å². The van der Waals surface area contributed by atoms with Crippen LogP contribution in [-0.4, -0.2) is 36.3 Å². The number of pyridine rings is 2. The molecule has 0 bridgehead atoms. The van der Waals surface area contributed by atoms with Crippen LogP contribution in [0.15, 0.2) is 29.4 Å². The summed E-state index contributed by atoms with van der Waals surface area (Å²) in [5, 5.41) is 9.13. The van der Waals surface area contributed by atoms with Gasteiger partial charge in [-0.05, 0) is 17.9 Å². The summed E-state index contributed by atoms with van der Waals surface area (Å²) in [6.07, 6.45) is -2.55. The van der Waals surface area contributed by atoms with Crippen molar-refractivity contribution in [1.29, 1.82) is 0 Å². The Morgan fingerprint density at radius 1 is 1.27 bits per heavy atom. The first-order valence-corrected chi connectivity index (χ1v) is 8.47. The lowest BCUT2D eigenvalue weighted by atomic mass is 10.2. The Kier molecular flexibility index (Phi) is 4.61. The first kappa shape index (κ1) is 18.2. The number of aryl methyl sites for hydroxylation is 1. The smallest absolute Gasteiger partial charge is 0.417 e. The van der Waals surface area contributed by atoms with Crippen molar-refractivity contribution in [3.8, 4) is 11.5 Å². The molecule has 3 rings (SSSR count). The highest BCUT2D eigenvalue weighted by molar-refractivity contribution is 7.99. The van der Waals surface area contributed by atoms with E-state index in [2.05, 4.69) is 15.0 Å². The first-order valence-electron chi connectivity index (χ1n) is 7.48. The largest absolute Gasteiger partial charge is 0.478 e. The number of hydrogen-bond acceptors (Lipinski definition) is 5. The van der Waals surface area contributed by atoms with Crippen molar-refractivity contribution in [2.75, 3.05) is 5.75 Å². The maximum absolute atomic E-state index is 12.9. The summed E-state index contributed by atoms with van der Waals surface area (Å²) >= 11 is 1.37. The van der Waals surface area contributed by atoms with Crippen LogP contribution in [0.25, 0.3) is 22.7 Å². The molecule has 3 aromatic rings. The van der Waals surface area contributed by atoms with Crippen LogP contribution in [0.3, 0.4) is 0 Å². The van der Waals surface area contributed by atoms with Gasteiger partial charge in [0, 0.05) is 24.3 Å². The van der Waals surface area contributed by atoms with Gasteiger partial charge in [-0.2, -0.15) is 13.2 Å². The van der Waals surface area contributed by atoms with Crippen molar-refractivity contribution in [1.82, 2.24) is 19.5 Å². The standard InChI is InChI=1S/C16H13F3N4O2S/c1-3-26-11-4-8(15(24)25)6-20-12(11)14-22-10-5-9(16(17,18)19)7-21-13(10)23(14)2/h4-7H,3H2,1-2H3,(H,24,25). The molecule has 0 atom stereocenters. The summed E-state index contributed by atoms with van der Waals surface area (Å²) in [5.41, 5.74) is -0.0812. The molecule has 0 aromatic carbocycles. The van der Waals surface area contributed by atoms with Gasteiger partial charge in [-0.15, -0.1) is 11.8 Å². The van der Waals surface area contributed by atoms with Gasteiger partial charge in [-0.3, -0.25) is 4.98 Å². The number of aromatic nitrogens is 4. The topological polar surface area (TPSA) is 80.9 Å². The van der Waals surface area contributed by atoms with Crippen LogP contribution in [0.1, 0.15) is 22.8 Å². The summed E-state index contributed by atoms with van der Waals surface area (Å²) < 4.78 is 40.2. The molecule has 0 saturated heterocycles. The second kappa shape index (κ2) is 6.60. The maximum atomic E-state index is 12.9. The van der Waals surface area contributed by atoms with Crippen LogP contribution in [0.2, 0.25) is 0 Å². The molecule has 6 nitrogen and oxygen atoms in total. The van der Waals surface area contributed by atoms with E-state index in [1.807, 2.05) is 6.92 Å². The molecular weight excluding hydrogens is 369 g/mol. The van der Waals surface area contributed by atoms with Gasteiger partial charge in [0.05, 0.1) is 11.1 Å². The van der Waals surface area contributed by atoms with Crippen LogP contribution in [0, 0.1) is 0 Å². The zero-order valence-electron chi connectivity index (χ0n) is 13.7. The molecule has 0 unspecified atom stereocenters. The number of carboxylic acids is 1. The van der Waals surface area contributed by atoms with E-state index in [4.69, 9.17) is 5.11 Å². The summed E-state index contributed by atoms with van der Waals surface area (Å²) in [6, 6.07) is 2.41. The Morgan fingerprint density at radius 3 is 2.62 bits per heavy atom. The predicted molar refractivity (Wildman–Crippen MR) is 90.1 cm³/mol. The van der Waals surface area contributed by atoms with Crippen molar-refractivity contribution >= 4 is 28.9 Å². The molecule has 3 heterocycles. The van der Waals surface area contributed by atoms with Crippen molar-refractivity contribution in [2.45, 2.75) is 18.0 Å². The number of imidazole rings is 1. The average Bonchev–Trinajstić information content (AvgIpc) is 2.90. The molecule has 0 aliphatic carbocycles. The van der Waals surface area contributed by atoms with E-state index < -0.39 is 17.7 Å². The van der Waals surface area contributed by atoms with E-state index in [1.54, 1.807) is 7.05 Å². The molecule has 0 aliphatic heterocycles. The molecule has 0 fully saturated rings. The number of alkyl halides is 3. The van der Waals surface area contributed by atoms with Gasteiger partial charge in [0.2, 0.25) is 0 Å². The quantitative estimate of drug-likeness (QED) is 0.690. The lowest BCUT2D eigenvalue weighted by molar-refractivity contribution is -0.137. The van der Waals surface area contributed by atoms with E-state index in [0.717, 1.165) is 12.3 Å². The predicted octanol–water partition coefficient (Wildman–Crippen LogP) is 3.86. The average molecular weight is 382 g/mol. The molecule has 1 N–H and O–H groups in total. The molecular formula is C16H13F3N4O2S. The van der Waals surface area contributed by atoms with Gasteiger partial charge in [-0.25, -0.2) is 14.8 Å². The van der Waals surface area contributed by atoms with E-state index in [1.165, 1.54) is 28.6 Å². The minimum atomic E-state index is -4.51. The van der Waals surface area contributed by atoms with Crippen molar-refractivity contribution in [2.24, 2.45) is 7.05 Å². The molecule has 0 spiro atoms. The third-order valence-corrected chi connectivity index (χ3v) is 4.56. The number of rotatable bonds is 4. The first-order chi connectivity index (χ1) is 12.2. The minimum Gasteiger partial charge on any atom is -0.478 e. The third kappa shape index (κ3) is 3.24. The summed E-state index contributed by atoms with van der Waals surface area (Å²) in [7, 11) is 1.62. The monoisotopic (exact) mass is 382 g/mol. The third-order valence-electron chi connectivity index (χ3n) is 3.65. The van der Waals surface area contributed by atoms with Crippen molar-refractivity contribution in [3.05, 3.63) is 35.7 Å². The van der Waals surface area contributed by atoms with Crippen LogP contribution in [0.5, 0.6) is 0 Å². The zero-order valence-corrected chi connectivity index (χ0v) is 14.5. The SMILES string of the molecule is CCSc1cc(C(=O)O)cnc1-c1nc2cc(C(F)(F)F)cnc2n1C. The van der Waals surface area contributed by atoms with Crippen molar-refractivity contribution < 1.29 is 23.1 Å². The number of thioether (sulfide) groups is 1. The van der Waals surface area contributed by atoms with Crippen LogP contribution < -0.4 is 0 Å². The fourth-order valence-electron chi connectivity index (χ4n) is 2.44. The number of halogens is 3. The highest BCUT2D eigenvalue weighted by Crippen LogP contribution is 2.33. The van der Waals surface area contributed by atoms with Gasteiger partial charge < -0.3 is 9.67 Å². The minimum absolute atomic E-state index is 0.0287. The second-order valence-corrected chi connectivity index (χ2v) is 6.67. The maximum Gasteiger partial charge on any atom is 0.417 e. The molecule has 0 amide bonds. The molecule has 136 valence electrons. The van der Waals surface area contributed by atoms with Crippen LogP contribution >= 0.6 is 11.8 Å². The summed E-state index contributed by atoms with van der Waals surface area (Å²) in [6.45, 7) is 1.90. The van der Waals surface area contributed by atoms with E-state index in [0.29, 0.717) is 22.2 Å².